The molecule has 1 saturated heterocycles. The summed E-state index contributed by atoms with van der Waals surface area (Å²) in [5.41, 5.74) is 3.83. The number of aromatic nitrogens is 4. The summed E-state index contributed by atoms with van der Waals surface area (Å²) >= 11 is 1.71. The van der Waals surface area contributed by atoms with Crippen LogP contribution in [0.1, 0.15) is 4.88 Å². The van der Waals surface area contributed by atoms with Crippen LogP contribution in [0.25, 0.3) is 32.5 Å². The second-order valence-electron chi connectivity index (χ2n) is 7.93. The summed E-state index contributed by atoms with van der Waals surface area (Å²) < 4.78 is 6.66. The number of phenolic OH excluding ortho intramolecular Hbond substituents is 1. The molecule has 8 nitrogen and oxygen atoms in total. The summed E-state index contributed by atoms with van der Waals surface area (Å²) in [4.78, 5) is 13.5. The highest BCUT2D eigenvalue weighted by molar-refractivity contribution is 7.19. The fourth-order valence-corrected chi connectivity index (χ4v) is 5.15. The Morgan fingerprint density at radius 1 is 1.09 bits per heavy atom. The maximum absolute atomic E-state index is 9.50. The van der Waals surface area contributed by atoms with Gasteiger partial charge in [0.25, 0.3) is 0 Å². The van der Waals surface area contributed by atoms with Gasteiger partial charge in [0.2, 0.25) is 0 Å². The highest BCUT2D eigenvalue weighted by Crippen LogP contribution is 2.36. The van der Waals surface area contributed by atoms with E-state index in [1.807, 2.05) is 36.5 Å². The van der Waals surface area contributed by atoms with E-state index in [-0.39, 0.29) is 5.75 Å². The normalized spacial score (nSPS) is 14.2. The zero-order valence-electron chi connectivity index (χ0n) is 17.8. The quantitative estimate of drug-likeness (QED) is 0.336. The molecule has 0 atom stereocenters. The number of nitrogens with one attached hydrogen (secondary N) is 2. The van der Waals surface area contributed by atoms with Crippen molar-refractivity contribution in [2.75, 3.05) is 36.5 Å². The van der Waals surface area contributed by atoms with Crippen molar-refractivity contribution in [2.24, 2.45) is 0 Å². The number of fused-ring (bicyclic) bond motifs is 2. The van der Waals surface area contributed by atoms with E-state index in [0.717, 1.165) is 51.3 Å². The van der Waals surface area contributed by atoms with Crippen molar-refractivity contribution in [1.29, 1.82) is 0 Å². The molecule has 0 amide bonds. The van der Waals surface area contributed by atoms with Crippen LogP contribution in [0.5, 0.6) is 5.75 Å². The molecule has 4 heterocycles. The molecule has 0 aliphatic carbocycles. The van der Waals surface area contributed by atoms with E-state index in [1.54, 1.807) is 23.5 Å². The second kappa shape index (κ2) is 8.34. The number of benzene rings is 2. The molecule has 166 valence electrons. The number of nitrogens with zero attached hydrogens (tertiary/aromatic N) is 4. The van der Waals surface area contributed by atoms with E-state index in [2.05, 4.69) is 26.5 Å². The number of rotatable bonds is 5. The second-order valence-corrected chi connectivity index (χ2v) is 9.07. The van der Waals surface area contributed by atoms with Gasteiger partial charge in [0, 0.05) is 41.1 Å². The van der Waals surface area contributed by atoms with E-state index in [1.165, 1.54) is 4.88 Å². The first-order valence-electron chi connectivity index (χ1n) is 10.8. The number of H-pyrrole nitrogens is 1. The fourth-order valence-electron chi connectivity index (χ4n) is 4.09. The van der Waals surface area contributed by atoms with E-state index >= 15 is 0 Å². The number of phenols is 1. The average Bonchev–Trinajstić information content (AvgIpc) is 3.50. The molecule has 1 aliphatic rings. The molecule has 0 bridgehead atoms. The lowest BCUT2D eigenvalue weighted by Crippen LogP contribution is -2.36. The molecule has 0 unspecified atom stereocenters. The molecular weight excluding hydrogens is 436 g/mol. The third-order valence-corrected chi connectivity index (χ3v) is 6.90. The lowest BCUT2D eigenvalue weighted by molar-refractivity contribution is 0.122. The first-order chi connectivity index (χ1) is 16.2. The summed E-state index contributed by atoms with van der Waals surface area (Å²) in [6, 6.07) is 15.3. The zero-order valence-corrected chi connectivity index (χ0v) is 18.6. The van der Waals surface area contributed by atoms with Crippen molar-refractivity contribution in [1.82, 2.24) is 20.2 Å². The van der Waals surface area contributed by atoms with Gasteiger partial charge in [-0.25, -0.2) is 9.97 Å². The van der Waals surface area contributed by atoms with Gasteiger partial charge < -0.3 is 20.1 Å². The van der Waals surface area contributed by atoms with Gasteiger partial charge in [0.15, 0.2) is 11.6 Å². The summed E-state index contributed by atoms with van der Waals surface area (Å²) in [5, 5.41) is 21.2. The van der Waals surface area contributed by atoms with Crippen molar-refractivity contribution >= 4 is 44.0 Å². The Labute approximate surface area is 193 Å². The number of anilines is 2. The van der Waals surface area contributed by atoms with Crippen LogP contribution in [0.4, 0.5) is 11.5 Å². The van der Waals surface area contributed by atoms with Crippen molar-refractivity contribution < 1.29 is 9.84 Å². The largest absolute Gasteiger partial charge is 0.508 e. The van der Waals surface area contributed by atoms with E-state index in [0.29, 0.717) is 25.6 Å². The molecule has 5 aromatic rings. The van der Waals surface area contributed by atoms with Crippen molar-refractivity contribution in [3.63, 3.8) is 0 Å². The number of thiophene rings is 1. The van der Waals surface area contributed by atoms with Gasteiger partial charge in [-0.05, 0) is 36.4 Å². The van der Waals surface area contributed by atoms with Gasteiger partial charge >= 0.3 is 0 Å². The molecule has 33 heavy (non-hydrogen) atoms. The van der Waals surface area contributed by atoms with Gasteiger partial charge in [0.05, 0.1) is 35.1 Å². The van der Waals surface area contributed by atoms with Gasteiger partial charge in [-0.1, -0.05) is 12.1 Å². The number of ether oxygens (including phenoxy) is 1. The predicted molar refractivity (Wildman–Crippen MR) is 131 cm³/mol. The summed E-state index contributed by atoms with van der Waals surface area (Å²) in [6.07, 6.45) is 1.83. The molecule has 3 aromatic heterocycles. The topological polar surface area (TPSA) is 99.2 Å². The molecule has 0 spiro atoms. The standard InChI is InChI=1S/C24H22N6O2S/c31-16-6-4-15(5-7-16)25-13-17-12-21-22(33-17)24(30-8-10-32-11-9-30)28-23(27-21)18-2-1-3-20-19(18)14-26-29-20/h1-7,12,14,25,31H,8-11,13H2,(H,26,29). The van der Waals surface area contributed by atoms with Crippen LogP contribution in [-0.4, -0.2) is 51.6 Å². The first kappa shape index (κ1) is 20.0. The monoisotopic (exact) mass is 458 g/mol. The SMILES string of the molecule is Oc1ccc(NCc2cc3nc(-c4cccc5[nH]ncc45)nc(N4CCOCC4)c3s2)cc1. The first-order valence-corrected chi connectivity index (χ1v) is 11.6. The van der Waals surface area contributed by atoms with Gasteiger partial charge in [-0.3, -0.25) is 5.10 Å². The lowest BCUT2D eigenvalue weighted by atomic mass is 10.1. The van der Waals surface area contributed by atoms with Crippen LogP contribution in [0, 0.1) is 0 Å². The number of aromatic hydroxyl groups is 1. The van der Waals surface area contributed by atoms with Crippen LogP contribution in [0.3, 0.4) is 0 Å². The Bertz CT molecular complexity index is 1420. The third kappa shape index (κ3) is 3.85. The molecular formula is C24H22N6O2S. The summed E-state index contributed by atoms with van der Waals surface area (Å²) in [5.74, 6) is 1.92. The zero-order chi connectivity index (χ0) is 22.2. The van der Waals surface area contributed by atoms with Crippen LogP contribution in [0.2, 0.25) is 0 Å². The highest BCUT2D eigenvalue weighted by atomic mass is 32.1. The predicted octanol–water partition coefficient (Wildman–Crippen LogP) is 4.39. The summed E-state index contributed by atoms with van der Waals surface area (Å²) in [7, 11) is 0. The molecule has 3 N–H and O–H groups in total. The molecule has 1 fully saturated rings. The maximum atomic E-state index is 9.50. The van der Waals surface area contributed by atoms with Crippen LogP contribution in [-0.2, 0) is 11.3 Å². The summed E-state index contributed by atoms with van der Waals surface area (Å²) in [6.45, 7) is 3.67. The Morgan fingerprint density at radius 2 is 1.94 bits per heavy atom. The number of hydrogen-bond donors (Lipinski definition) is 3. The Kier molecular flexibility index (Phi) is 5.04. The molecule has 0 radical (unpaired) electrons. The van der Waals surface area contributed by atoms with Crippen molar-refractivity contribution in [2.45, 2.75) is 6.54 Å². The van der Waals surface area contributed by atoms with E-state index in [9.17, 15) is 5.11 Å². The van der Waals surface area contributed by atoms with E-state index in [4.69, 9.17) is 14.7 Å². The maximum Gasteiger partial charge on any atom is 0.162 e. The number of aromatic amines is 1. The number of morpholine rings is 1. The molecule has 1 aliphatic heterocycles. The molecule has 6 rings (SSSR count). The minimum atomic E-state index is 0.257. The van der Waals surface area contributed by atoms with Crippen LogP contribution < -0.4 is 10.2 Å². The fraction of sp³-hybridized carbons (Fsp3) is 0.208. The van der Waals surface area contributed by atoms with Crippen LogP contribution in [0.15, 0.2) is 54.7 Å². The molecule has 0 saturated carbocycles. The third-order valence-electron chi connectivity index (χ3n) is 5.78. The van der Waals surface area contributed by atoms with Gasteiger partial charge in [-0.15, -0.1) is 11.3 Å². The average molecular weight is 459 g/mol. The van der Waals surface area contributed by atoms with Gasteiger partial charge in [-0.2, -0.15) is 5.10 Å². The number of hydrogen-bond acceptors (Lipinski definition) is 8. The Hall–Kier alpha value is -3.69. The van der Waals surface area contributed by atoms with Gasteiger partial charge in [0.1, 0.15) is 5.75 Å². The minimum Gasteiger partial charge on any atom is -0.508 e. The molecule has 2 aromatic carbocycles. The minimum absolute atomic E-state index is 0.257. The molecule has 9 heteroatoms. The Balaban J connectivity index is 1.42. The Morgan fingerprint density at radius 3 is 2.79 bits per heavy atom. The van der Waals surface area contributed by atoms with Crippen LogP contribution >= 0.6 is 11.3 Å². The smallest absolute Gasteiger partial charge is 0.162 e. The van der Waals surface area contributed by atoms with E-state index < -0.39 is 0 Å². The highest BCUT2D eigenvalue weighted by Gasteiger charge is 2.21. The van der Waals surface area contributed by atoms with Crippen molar-refractivity contribution in [3.8, 4) is 17.1 Å². The van der Waals surface area contributed by atoms with Crippen molar-refractivity contribution in [3.05, 3.63) is 59.6 Å². The lowest BCUT2D eigenvalue weighted by Gasteiger charge is -2.28.